The number of ketones is 1. The van der Waals surface area contributed by atoms with Gasteiger partial charge < -0.3 is 4.74 Å². The molecule has 0 unspecified atom stereocenters. The van der Waals surface area contributed by atoms with E-state index in [-0.39, 0.29) is 11.7 Å². The normalized spacial score (nSPS) is 12.8. The Hall–Kier alpha value is -0.860. The molecule has 3 heteroatoms. The Kier molecular flexibility index (Phi) is 3.79. The third-order valence-electron chi connectivity index (χ3n) is 1.55. The number of hydrogen-bond acceptors (Lipinski definition) is 3. The molecule has 0 aromatic carbocycles. The highest BCUT2D eigenvalue weighted by Gasteiger charge is 2.23. The largest absolute Gasteiger partial charge is 0.468 e. The van der Waals surface area contributed by atoms with Crippen LogP contribution in [0.15, 0.2) is 0 Å². The number of Topliss-reactive ketones (excluding diaryl/α,β-unsaturated/α-hetero) is 1. The summed E-state index contributed by atoms with van der Waals surface area (Å²) in [5.41, 5.74) is 0. The predicted molar refractivity (Wildman–Crippen MR) is 41.0 cm³/mol. The van der Waals surface area contributed by atoms with E-state index in [1.807, 2.05) is 0 Å². The van der Waals surface area contributed by atoms with Gasteiger partial charge in [0.25, 0.3) is 0 Å². The first-order valence-electron chi connectivity index (χ1n) is 3.62. The molecule has 3 nitrogen and oxygen atoms in total. The van der Waals surface area contributed by atoms with Gasteiger partial charge in [0.05, 0.1) is 7.11 Å². The lowest BCUT2D eigenvalue weighted by molar-refractivity contribution is -0.149. The van der Waals surface area contributed by atoms with Crippen LogP contribution in [0, 0.1) is 11.8 Å². The molecule has 0 heterocycles. The highest BCUT2D eigenvalue weighted by molar-refractivity contribution is 5.99. The second kappa shape index (κ2) is 4.11. The van der Waals surface area contributed by atoms with Crippen LogP contribution >= 0.6 is 0 Å². The van der Waals surface area contributed by atoms with Crippen LogP contribution in [0.5, 0.6) is 0 Å². The monoisotopic (exact) mass is 158 g/mol. The van der Waals surface area contributed by atoms with E-state index in [4.69, 9.17) is 0 Å². The molecule has 0 amide bonds. The third kappa shape index (κ3) is 2.70. The molecule has 0 fully saturated rings. The summed E-state index contributed by atoms with van der Waals surface area (Å²) in [5, 5.41) is 0. The van der Waals surface area contributed by atoms with Crippen molar-refractivity contribution in [2.45, 2.75) is 20.8 Å². The molecule has 0 saturated heterocycles. The smallest absolute Gasteiger partial charge is 0.315 e. The molecule has 0 saturated carbocycles. The summed E-state index contributed by atoms with van der Waals surface area (Å²) in [6, 6.07) is 0. The van der Waals surface area contributed by atoms with Crippen molar-refractivity contribution in [2.24, 2.45) is 11.8 Å². The molecule has 64 valence electrons. The van der Waals surface area contributed by atoms with Gasteiger partial charge in [-0.05, 0) is 6.92 Å². The van der Waals surface area contributed by atoms with E-state index >= 15 is 0 Å². The molecular weight excluding hydrogens is 144 g/mol. The van der Waals surface area contributed by atoms with Crippen molar-refractivity contribution in [3.8, 4) is 0 Å². The first-order valence-corrected chi connectivity index (χ1v) is 3.62. The third-order valence-corrected chi connectivity index (χ3v) is 1.55. The number of rotatable bonds is 3. The standard InChI is InChI=1S/C8H14O3/c1-5(2)7(9)6(3)8(10)11-4/h5-6H,1-4H3/t6-/m0/s1. The molecule has 0 aliphatic rings. The Balaban J connectivity index is 4.13. The van der Waals surface area contributed by atoms with Gasteiger partial charge in [0, 0.05) is 5.92 Å². The van der Waals surface area contributed by atoms with E-state index < -0.39 is 11.9 Å². The van der Waals surface area contributed by atoms with Crippen LogP contribution in [0.2, 0.25) is 0 Å². The maximum atomic E-state index is 11.1. The number of ether oxygens (including phenoxy) is 1. The zero-order valence-electron chi connectivity index (χ0n) is 7.38. The molecule has 11 heavy (non-hydrogen) atoms. The van der Waals surface area contributed by atoms with Gasteiger partial charge in [0.2, 0.25) is 0 Å². The number of esters is 1. The summed E-state index contributed by atoms with van der Waals surface area (Å²) in [7, 11) is 1.28. The summed E-state index contributed by atoms with van der Waals surface area (Å²) in [6.45, 7) is 5.09. The van der Waals surface area contributed by atoms with Gasteiger partial charge in [-0.2, -0.15) is 0 Å². The van der Waals surface area contributed by atoms with Crippen LogP contribution < -0.4 is 0 Å². The second-order valence-corrected chi connectivity index (χ2v) is 2.80. The molecule has 0 bridgehead atoms. The van der Waals surface area contributed by atoms with Crippen molar-refractivity contribution >= 4 is 11.8 Å². The Morgan fingerprint density at radius 1 is 1.18 bits per heavy atom. The summed E-state index contributed by atoms with van der Waals surface area (Å²) < 4.78 is 4.42. The molecule has 0 radical (unpaired) electrons. The maximum Gasteiger partial charge on any atom is 0.315 e. The van der Waals surface area contributed by atoms with E-state index in [0.717, 1.165) is 0 Å². The van der Waals surface area contributed by atoms with Crippen molar-refractivity contribution in [2.75, 3.05) is 7.11 Å². The minimum Gasteiger partial charge on any atom is -0.468 e. The summed E-state index contributed by atoms with van der Waals surface area (Å²) in [5.74, 6) is -1.26. The van der Waals surface area contributed by atoms with Crippen molar-refractivity contribution in [1.82, 2.24) is 0 Å². The van der Waals surface area contributed by atoms with Gasteiger partial charge in [0.15, 0.2) is 0 Å². The van der Waals surface area contributed by atoms with Gasteiger partial charge in [0.1, 0.15) is 11.7 Å². The number of methoxy groups -OCH3 is 1. The summed E-state index contributed by atoms with van der Waals surface area (Å²) >= 11 is 0. The molecule has 0 aliphatic heterocycles. The molecule has 1 atom stereocenters. The van der Waals surface area contributed by atoms with Crippen molar-refractivity contribution in [3.63, 3.8) is 0 Å². The zero-order chi connectivity index (χ0) is 9.02. The molecule has 0 aliphatic carbocycles. The highest BCUT2D eigenvalue weighted by atomic mass is 16.5. The van der Waals surface area contributed by atoms with Crippen LogP contribution in [0.4, 0.5) is 0 Å². The van der Waals surface area contributed by atoms with Gasteiger partial charge >= 0.3 is 5.97 Å². The van der Waals surface area contributed by atoms with E-state index in [0.29, 0.717) is 0 Å². The predicted octanol–water partition coefficient (Wildman–Crippen LogP) is 1.02. The van der Waals surface area contributed by atoms with Crippen molar-refractivity contribution in [1.29, 1.82) is 0 Å². The summed E-state index contributed by atoms with van der Waals surface area (Å²) in [4.78, 5) is 22.0. The Morgan fingerprint density at radius 3 is 1.91 bits per heavy atom. The van der Waals surface area contributed by atoms with Gasteiger partial charge in [-0.15, -0.1) is 0 Å². The fourth-order valence-electron chi connectivity index (χ4n) is 0.793. The fraction of sp³-hybridized carbons (Fsp3) is 0.750. The van der Waals surface area contributed by atoms with Crippen LogP contribution in [0.25, 0.3) is 0 Å². The number of hydrogen-bond donors (Lipinski definition) is 0. The van der Waals surface area contributed by atoms with Gasteiger partial charge in [-0.1, -0.05) is 13.8 Å². The SMILES string of the molecule is COC(=O)[C@@H](C)C(=O)C(C)C. The van der Waals surface area contributed by atoms with Crippen LogP contribution in [-0.4, -0.2) is 18.9 Å². The van der Waals surface area contributed by atoms with Crippen molar-refractivity contribution in [3.05, 3.63) is 0 Å². The van der Waals surface area contributed by atoms with E-state index in [1.165, 1.54) is 7.11 Å². The molecule has 0 aromatic rings. The second-order valence-electron chi connectivity index (χ2n) is 2.80. The Morgan fingerprint density at radius 2 is 1.64 bits per heavy atom. The molecule has 0 rings (SSSR count). The van der Waals surface area contributed by atoms with Crippen LogP contribution in [-0.2, 0) is 14.3 Å². The minimum absolute atomic E-state index is 0.0724. The molecule has 0 aromatic heterocycles. The van der Waals surface area contributed by atoms with E-state index in [1.54, 1.807) is 20.8 Å². The Labute approximate surface area is 66.7 Å². The van der Waals surface area contributed by atoms with Crippen LogP contribution in [0.3, 0.4) is 0 Å². The van der Waals surface area contributed by atoms with Crippen molar-refractivity contribution < 1.29 is 14.3 Å². The maximum absolute atomic E-state index is 11.1. The average Bonchev–Trinajstić information content (AvgIpc) is 2.00. The highest BCUT2D eigenvalue weighted by Crippen LogP contribution is 2.07. The number of carbonyl (C=O) groups excluding carboxylic acids is 2. The first kappa shape index (κ1) is 10.1. The molecular formula is C8H14O3. The topological polar surface area (TPSA) is 43.4 Å². The van der Waals surface area contributed by atoms with E-state index in [9.17, 15) is 9.59 Å². The van der Waals surface area contributed by atoms with Gasteiger partial charge in [-0.3, -0.25) is 9.59 Å². The lowest BCUT2D eigenvalue weighted by Gasteiger charge is -2.09. The quantitative estimate of drug-likeness (QED) is 0.455. The van der Waals surface area contributed by atoms with Crippen LogP contribution in [0.1, 0.15) is 20.8 Å². The summed E-state index contributed by atoms with van der Waals surface area (Å²) in [6.07, 6.45) is 0. The first-order chi connectivity index (χ1) is 5.00. The zero-order valence-corrected chi connectivity index (χ0v) is 7.38. The lowest BCUT2D eigenvalue weighted by Crippen LogP contribution is -2.25. The van der Waals surface area contributed by atoms with E-state index in [2.05, 4.69) is 4.74 Å². The molecule has 0 N–H and O–H groups in total. The molecule has 0 spiro atoms. The van der Waals surface area contributed by atoms with Gasteiger partial charge in [-0.25, -0.2) is 0 Å². The Bertz CT molecular complexity index is 161. The lowest BCUT2D eigenvalue weighted by atomic mass is 9.97. The fourth-order valence-corrected chi connectivity index (χ4v) is 0.793. The minimum atomic E-state index is -0.625. The number of carbonyl (C=O) groups is 2. The average molecular weight is 158 g/mol.